The van der Waals surface area contributed by atoms with Crippen molar-refractivity contribution >= 4 is 11.9 Å². The lowest BCUT2D eigenvalue weighted by Gasteiger charge is -2.34. The van der Waals surface area contributed by atoms with Crippen LogP contribution in [0.25, 0.3) is 0 Å². The molecule has 102 valence electrons. The number of morpholine rings is 1. The van der Waals surface area contributed by atoms with Gasteiger partial charge in [0.1, 0.15) is 6.04 Å². The number of esters is 1. The number of carbonyl (C=O) groups excluding carboxylic acids is 2. The molecule has 0 N–H and O–H groups in total. The quantitative estimate of drug-likeness (QED) is 0.634. The predicted molar refractivity (Wildman–Crippen MR) is 64.0 cm³/mol. The van der Waals surface area contributed by atoms with Crippen LogP contribution in [0.2, 0.25) is 0 Å². The average Bonchev–Trinajstić information content (AvgIpc) is 3.22. The molecule has 1 saturated carbocycles. The SMILES string of the molecule is COC(=O)C1COCCN1CC(=O)N(C)C1CC1. The van der Waals surface area contributed by atoms with Crippen molar-refractivity contribution in [1.82, 2.24) is 9.80 Å². The number of ether oxygens (including phenoxy) is 2. The summed E-state index contributed by atoms with van der Waals surface area (Å²) in [6.45, 7) is 1.70. The molecule has 2 rings (SSSR count). The number of hydrogen-bond donors (Lipinski definition) is 0. The van der Waals surface area contributed by atoms with Crippen molar-refractivity contribution < 1.29 is 19.1 Å². The molecule has 2 fully saturated rings. The van der Waals surface area contributed by atoms with Crippen molar-refractivity contribution in [2.24, 2.45) is 0 Å². The summed E-state index contributed by atoms with van der Waals surface area (Å²) in [6, 6.07) is -0.0598. The maximum Gasteiger partial charge on any atom is 0.325 e. The van der Waals surface area contributed by atoms with Crippen LogP contribution in [-0.4, -0.2) is 74.2 Å². The topological polar surface area (TPSA) is 59.1 Å². The van der Waals surface area contributed by atoms with Gasteiger partial charge in [-0.1, -0.05) is 0 Å². The maximum atomic E-state index is 12.0. The zero-order chi connectivity index (χ0) is 13.1. The van der Waals surface area contributed by atoms with E-state index in [1.54, 1.807) is 4.90 Å². The third-order valence-corrected chi connectivity index (χ3v) is 3.54. The molecule has 0 aromatic carbocycles. The van der Waals surface area contributed by atoms with Crippen LogP contribution < -0.4 is 0 Å². The van der Waals surface area contributed by atoms with Gasteiger partial charge in [0.25, 0.3) is 0 Å². The molecular weight excluding hydrogens is 236 g/mol. The number of rotatable bonds is 4. The summed E-state index contributed by atoms with van der Waals surface area (Å²) < 4.78 is 10.0. The summed E-state index contributed by atoms with van der Waals surface area (Å²) in [6.07, 6.45) is 2.18. The Hall–Kier alpha value is -1.14. The number of likely N-dealkylation sites (N-methyl/N-ethyl adjacent to an activating group) is 1. The lowest BCUT2D eigenvalue weighted by molar-refractivity contribution is -0.154. The van der Waals surface area contributed by atoms with Crippen LogP contribution in [0.1, 0.15) is 12.8 Å². The van der Waals surface area contributed by atoms with Gasteiger partial charge in [-0.05, 0) is 12.8 Å². The Balaban J connectivity index is 1.92. The van der Waals surface area contributed by atoms with E-state index in [0.29, 0.717) is 25.8 Å². The highest BCUT2D eigenvalue weighted by Gasteiger charge is 2.35. The number of methoxy groups -OCH3 is 1. The highest BCUT2D eigenvalue weighted by molar-refractivity contribution is 5.81. The number of carbonyl (C=O) groups is 2. The zero-order valence-electron chi connectivity index (χ0n) is 10.9. The lowest BCUT2D eigenvalue weighted by atomic mass is 10.2. The minimum atomic E-state index is -0.458. The maximum absolute atomic E-state index is 12.0. The molecule has 2 aliphatic rings. The van der Waals surface area contributed by atoms with Gasteiger partial charge in [-0.3, -0.25) is 14.5 Å². The van der Waals surface area contributed by atoms with Gasteiger partial charge < -0.3 is 14.4 Å². The lowest BCUT2D eigenvalue weighted by Crippen LogP contribution is -2.53. The average molecular weight is 256 g/mol. The van der Waals surface area contributed by atoms with Gasteiger partial charge in [0, 0.05) is 19.6 Å². The second kappa shape index (κ2) is 5.67. The van der Waals surface area contributed by atoms with Crippen LogP contribution in [0, 0.1) is 0 Å². The van der Waals surface area contributed by atoms with E-state index in [-0.39, 0.29) is 18.4 Å². The van der Waals surface area contributed by atoms with Crippen molar-refractivity contribution in [3.8, 4) is 0 Å². The molecule has 0 aromatic rings. The standard InChI is InChI=1S/C12H20N2O4/c1-13(9-3-4-9)11(15)7-14-5-6-18-8-10(14)12(16)17-2/h9-10H,3-8H2,1-2H3. The van der Waals surface area contributed by atoms with E-state index in [1.165, 1.54) is 7.11 Å². The summed E-state index contributed by atoms with van der Waals surface area (Å²) in [5.74, 6) is -0.273. The third-order valence-electron chi connectivity index (χ3n) is 3.54. The predicted octanol–water partition coefficient (Wildman–Crippen LogP) is -0.519. The second-order valence-electron chi connectivity index (χ2n) is 4.82. The Labute approximate surface area is 107 Å². The van der Waals surface area contributed by atoms with E-state index in [9.17, 15) is 9.59 Å². The van der Waals surface area contributed by atoms with Crippen molar-refractivity contribution in [3.05, 3.63) is 0 Å². The minimum Gasteiger partial charge on any atom is -0.468 e. The van der Waals surface area contributed by atoms with Gasteiger partial charge in [0.2, 0.25) is 5.91 Å². The first-order chi connectivity index (χ1) is 8.63. The first-order valence-electron chi connectivity index (χ1n) is 6.28. The summed E-state index contributed by atoms with van der Waals surface area (Å²) in [5.41, 5.74) is 0. The fourth-order valence-electron chi connectivity index (χ4n) is 2.13. The molecule has 1 amide bonds. The monoisotopic (exact) mass is 256 g/mol. The van der Waals surface area contributed by atoms with E-state index >= 15 is 0 Å². The Morgan fingerprint density at radius 1 is 1.44 bits per heavy atom. The summed E-state index contributed by atoms with van der Waals surface area (Å²) in [5, 5.41) is 0. The fraction of sp³-hybridized carbons (Fsp3) is 0.833. The molecule has 1 unspecified atom stereocenters. The van der Waals surface area contributed by atoms with Crippen LogP contribution in [0.5, 0.6) is 0 Å². The Kier molecular flexibility index (Phi) is 4.19. The first-order valence-corrected chi connectivity index (χ1v) is 6.28. The molecule has 1 aliphatic heterocycles. The normalized spacial score (nSPS) is 24.7. The molecule has 6 heteroatoms. The third kappa shape index (κ3) is 3.00. The van der Waals surface area contributed by atoms with E-state index in [1.807, 2.05) is 11.9 Å². The Bertz CT molecular complexity index is 330. The molecule has 1 atom stereocenters. The number of hydrogen-bond acceptors (Lipinski definition) is 5. The summed E-state index contributed by atoms with van der Waals surface area (Å²) >= 11 is 0. The van der Waals surface area contributed by atoms with Gasteiger partial charge in [-0.25, -0.2) is 0 Å². The number of nitrogens with zero attached hydrogens (tertiary/aromatic N) is 2. The smallest absolute Gasteiger partial charge is 0.325 e. The van der Waals surface area contributed by atoms with E-state index < -0.39 is 6.04 Å². The molecule has 0 spiro atoms. The van der Waals surface area contributed by atoms with Crippen LogP contribution in [0.4, 0.5) is 0 Å². The molecule has 18 heavy (non-hydrogen) atoms. The Morgan fingerprint density at radius 3 is 2.78 bits per heavy atom. The molecule has 6 nitrogen and oxygen atoms in total. The van der Waals surface area contributed by atoms with Crippen molar-refractivity contribution in [1.29, 1.82) is 0 Å². The number of amides is 1. The van der Waals surface area contributed by atoms with Crippen molar-refractivity contribution in [3.63, 3.8) is 0 Å². The van der Waals surface area contributed by atoms with Crippen molar-refractivity contribution in [2.45, 2.75) is 24.9 Å². The molecule has 1 saturated heterocycles. The molecule has 0 aromatic heterocycles. The van der Waals surface area contributed by atoms with E-state index in [0.717, 1.165) is 12.8 Å². The van der Waals surface area contributed by atoms with Gasteiger partial charge in [0.05, 0.1) is 26.9 Å². The van der Waals surface area contributed by atoms with Gasteiger partial charge in [-0.15, -0.1) is 0 Å². The largest absolute Gasteiger partial charge is 0.468 e. The molecule has 0 bridgehead atoms. The van der Waals surface area contributed by atoms with Crippen LogP contribution in [0.3, 0.4) is 0 Å². The molecule has 1 aliphatic carbocycles. The first kappa shape index (κ1) is 13.3. The Morgan fingerprint density at radius 2 is 2.17 bits per heavy atom. The van der Waals surface area contributed by atoms with Crippen LogP contribution in [0.15, 0.2) is 0 Å². The van der Waals surface area contributed by atoms with E-state index in [4.69, 9.17) is 9.47 Å². The fourth-order valence-corrected chi connectivity index (χ4v) is 2.13. The van der Waals surface area contributed by atoms with E-state index in [2.05, 4.69) is 0 Å². The summed E-state index contributed by atoms with van der Waals surface area (Å²) in [4.78, 5) is 27.3. The van der Waals surface area contributed by atoms with Crippen LogP contribution in [-0.2, 0) is 19.1 Å². The minimum absolute atomic E-state index is 0.0632. The summed E-state index contributed by atoms with van der Waals surface area (Å²) in [7, 11) is 3.18. The highest BCUT2D eigenvalue weighted by Crippen LogP contribution is 2.25. The molecule has 1 heterocycles. The second-order valence-corrected chi connectivity index (χ2v) is 4.82. The van der Waals surface area contributed by atoms with Gasteiger partial charge in [0.15, 0.2) is 0 Å². The molecular formula is C12H20N2O4. The molecule has 0 radical (unpaired) electrons. The van der Waals surface area contributed by atoms with Crippen molar-refractivity contribution in [2.75, 3.05) is 40.5 Å². The zero-order valence-corrected chi connectivity index (χ0v) is 10.9. The van der Waals surface area contributed by atoms with Gasteiger partial charge >= 0.3 is 5.97 Å². The van der Waals surface area contributed by atoms with Gasteiger partial charge in [-0.2, -0.15) is 0 Å². The van der Waals surface area contributed by atoms with Crippen LogP contribution >= 0.6 is 0 Å². The highest BCUT2D eigenvalue weighted by atomic mass is 16.5.